The van der Waals surface area contributed by atoms with Gasteiger partial charge in [-0.15, -0.1) is 13.2 Å². The standard InChI is InChI=1S/C24H24F3N3O5S/c1-36(32,33)30-16-4-2-3-15(11-16)23(31)14-28-9-10-34-17-5-7-19-20-8-6-18(35-24(25,26)27)13-22(20)29-21(19)12-17/h2-8,11-13,23,28-31H,9-10,14H2,1H3/t23-/m0/s1. The Morgan fingerprint density at radius 1 is 1.00 bits per heavy atom. The molecular formula is C24H24F3N3O5S. The van der Waals surface area contributed by atoms with Gasteiger partial charge in [-0.25, -0.2) is 8.42 Å². The summed E-state index contributed by atoms with van der Waals surface area (Å²) in [5, 5.41) is 15.1. The molecule has 0 aliphatic rings. The lowest BCUT2D eigenvalue weighted by atomic mass is 10.1. The van der Waals surface area contributed by atoms with Crippen LogP contribution in [0.4, 0.5) is 18.9 Å². The predicted molar refractivity (Wildman–Crippen MR) is 131 cm³/mol. The fourth-order valence-corrected chi connectivity index (χ4v) is 4.33. The smallest absolute Gasteiger partial charge is 0.492 e. The summed E-state index contributed by atoms with van der Waals surface area (Å²) >= 11 is 0. The molecule has 0 aliphatic heterocycles. The van der Waals surface area contributed by atoms with Gasteiger partial charge in [0.15, 0.2) is 0 Å². The van der Waals surface area contributed by atoms with Gasteiger partial charge < -0.3 is 24.9 Å². The number of ether oxygens (including phenoxy) is 2. The van der Waals surface area contributed by atoms with Crippen LogP contribution in [0.15, 0.2) is 60.7 Å². The van der Waals surface area contributed by atoms with E-state index in [9.17, 15) is 26.7 Å². The summed E-state index contributed by atoms with van der Waals surface area (Å²) < 4.78 is 72.3. The molecule has 0 radical (unpaired) electrons. The minimum absolute atomic E-state index is 0.231. The molecule has 0 aliphatic carbocycles. The van der Waals surface area contributed by atoms with Crippen molar-refractivity contribution in [3.8, 4) is 11.5 Å². The van der Waals surface area contributed by atoms with Gasteiger partial charge in [0.25, 0.3) is 0 Å². The predicted octanol–water partition coefficient (Wildman–Crippen LogP) is 4.29. The van der Waals surface area contributed by atoms with Crippen LogP contribution in [-0.2, 0) is 10.0 Å². The van der Waals surface area contributed by atoms with Gasteiger partial charge in [-0.1, -0.05) is 12.1 Å². The van der Waals surface area contributed by atoms with Crippen molar-refractivity contribution in [2.75, 3.05) is 30.7 Å². The van der Waals surface area contributed by atoms with E-state index in [1.54, 1.807) is 42.5 Å². The molecule has 8 nitrogen and oxygen atoms in total. The molecule has 4 rings (SSSR count). The van der Waals surface area contributed by atoms with Crippen molar-refractivity contribution in [3.05, 3.63) is 66.2 Å². The highest BCUT2D eigenvalue weighted by molar-refractivity contribution is 7.92. The Morgan fingerprint density at radius 3 is 2.33 bits per heavy atom. The molecule has 192 valence electrons. The molecule has 0 bridgehead atoms. The largest absolute Gasteiger partial charge is 0.573 e. The normalized spacial score (nSPS) is 13.1. The average molecular weight is 524 g/mol. The Kier molecular flexibility index (Phi) is 7.29. The Balaban J connectivity index is 1.30. The van der Waals surface area contributed by atoms with E-state index < -0.39 is 22.5 Å². The van der Waals surface area contributed by atoms with Crippen molar-refractivity contribution >= 4 is 37.5 Å². The van der Waals surface area contributed by atoms with Gasteiger partial charge in [-0.3, -0.25) is 4.72 Å². The van der Waals surface area contributed by atoms with Crippen molar-refractivity contribution in [3.63, 3.8) is 0 Å². The second-order valence-electron chi connectivity index (χ2n) is 8.16. The third-order valence-corrected chi connectivity index (χ3v) is 5.84. The number of alkyl halides is 3. The third kappa shape index (κ3) is 6.80. The first-order valence-corrected chi connectivity index (χ1v) is 12.8. The number of rotatable bonds is 10. The van der Waals surface area contributed by atoms with E-state index in [-0.39, 0.29) is 12.3 Å². The van der Waals surface area contributed by atoms with Crippen molar-refractivity contribution in [1.82, 2.24) is 10.3 Å². The Hall–Kier alpha value is -3.48. The van der Waals surface area contributed by atoms with Crippen LogP contribution in [0.3, 0.4) is 0 Å². The maximum absolute atomic E-state index is 12.5. The van der Waals surface area contributed by atoms with E-state index in [4.69, 9.17) is 4.74 Å². The van der Waals surface area contributed by atoms with E-state index in [2.05, 4.69) is 19.8 Å². The van der Waals surface area contributed by atoms with Crippen LogP contribution in [-0.4, -0.2) is 50.8 Å². The monoisotopic (exact) mass is 523 g/mol. The van der Waals surface area contributed by atoms with Crippen molar-refractivity contribution in [1.29, 1.82) is 0 Å². The number of sulfonamides is 1. The molecule has 0 spiro atoms. The lowest BCUT2D eigenvalue weighted by Crippen LogP contribution is -2.26. The SMILES string of the molecule is CS(=O)(=O)Nc1cccc([C@@H](O)CNCCOc2ccc3c(c2)[nH]c2cc(OC(F)(F)F)ccc23)c1. The molecular weight excluding hydrogens is 499 g/mol. The summed E-state index contributed by atoms with van der Waals surface area (Å²) in [7, 11) is -3.41. The van der Waals surface area contributed by atoms with Crippen molar-refractivity contribution in [2.24, 2.45) is 0 Å². The minimum atomic E-state index is -4.76. The number of halogens is 3. The van der Waals surface area contributed by atoms with E-state index >= 15 is 0 Å². The van der Waals surface area contributed by atoms with Crippen LogP contribution in [0, 0.1) is 0 Å². The van der Waals surface area contributed by atoms with E-state index in [1.165, 1.54) is 12.1 Å². The molecule has 4 aromatic rings. The van der Waals surface area contributed by atoms with Gasteiger partial charge in [0.2, 0.25) is 10.0 Å². The van der Waals surface area contributed by atoms with Crippen LogP contribution in [0.2, 0.25) is 0 Å². The van der Waals surface area contributed by atoms with Gasteiger partial charge in [-0.2, -0.15) is 0 Å². The van der Waals surface area contributed by atoms with Gasteiger partial charge in [-0.05, 0) is 42.0 Å². The van der Waals surface area contributed by atoms with Gasteiger partial charge in [0.05, 0.1) is 23.4 Å². The molecule has 3 aromatic carbocycles. The molecule has 12 heteroatoms. The number of anilines is 1. The molecule has 0 saturated carbocycles. The Bertz CT molecular complexity index is 1470. The number of aromatic amines is 1. The molecule has 4 N–H and O–H groups in total. The van der Waals surface area contributed by atoms with Crippen LogP contribution in [0.25, 0.3) is 21.8 Å². The third-order valence-electron chi connectivity index (χ3n) is 5.24. The maximum Gasteiger partial charge on any atom is 0.573 e. The number of aliphatic hydroxyl groups is 1. The van der Waals surface area contributed by atoms with E-state index in [0.717, 1.165) is 17.0 Å². The fraction of sp³-hybridized carbons (Fsp3) is 0.250. The molecule has 36 heavy (non-hydrogen) atoms. The second-order valence-corrected chi connectivity index (χ2v) is 9.90. The zero-order valence-corrected chi connectivity index (χ0v) is 19.9. The summed E-state index contributed by atoms with van der Waals surface area (Å²) in [5.41, 5.74) is 2.15. The van der Waals surface area contributed by atoms with Crippen molar-refractivity contribution < 1.29 is 36.2 Å². The van der Waals surface area contributed by atoms with Crippen LogP contribution >= 0.6 is 0 Å². The molecule has 0 amide bonds. The number of nitrogens with one attached hydrogen (secondary N) is 3. The number of aliphatic hydroxyl groups excluding tert-OH is 1. The minimum Gasteiger partial charge on any atom is -0.492 e. The first kappa shape index (κ1) is 25.6. The van der Waals surface area contributed by atoms with Crippen LogP contribution in [0.1, 0.15) is 11.7 Å². The summed E-state index contributed by atoms with van der Waals surface area (Å²) in [6, 6.07) is 16.0. The lowest BCUT2D eigenvalue weighted by Gasteiger charge is -2.14. The Labute approximate surface area is 205 Å². The fourth-order valence-electron chi connectivity index (χ4n) is 3.78. The second kappa shape index (κ2) is 10.2. The zero-order valence-electron chi connectivity index (χ0n) is 19.1. The summed E-state index contributed by atoms with van der Waals surface area (Å²) in [6.07, 6.45) is -4.55. The van der Waals surface area contributed by atoms with Gasteiger partial charge in [0.1, 0.15) is 18.1 Å². The summed E-state index contributed by atoms with van der Waals surface area (Å²) in [6.45, 7) is 0.966. The summed E-state index contributed by atoms with van der Waals surface area (Å²) in [4.78, 5) is 3.08. The van der Waals surface area contributed by atoms with E-state index in [1.807, 2.05) is 6.07 Å². The highest BCUT2D eigenvalue weighted by Crippen LogP contribution is 2.32. The Morgan fingerprint density at radius 2 is 1.67 bits per heavy atom. The summed E-state index contributed by atoms with van der Waals surface area (Å²) in [5.74, 6) is 0.271. The first-order chi connectivity index (χ1) is 17.0. The number of fused-ring (bicyclic) bond motifs is 3. The van der Waals surface area contributed by atoms with Gasteiger partial charge in [0, 0.05) is 41.7 Å². The van der Waals surface area contributed by atoms with Gasteiger partial charge >= 0.3 is 6.36 Å². The van der Waals surface area contributed by atoms with Crippen LogP contribution < -0.4 is 19.5 Å². The molecule has 1 atom stereocenters. The topological polar surface area (TPSA) is 113 Å². The highest BCUT2D eigenvalue weighted by Gasteiger charge is 2.31. The molecule has 1 heterocycles. The highest BCUT2D eigenvalue weighted by atomic mass is 32.2. The molecule has 0 unspecified atom stereocenters. The van der Waals surface area contributed by atoms with E-state index in [0.29, 0.717) is 41.2 Å². The van der Waals surface area contributed by atoms with Crippen molar-refractivity contribution in [2.45, 2.75) is 12.5 Å². The number of H-pyrrole nitrogens is 1. The number of hydrogen-bond donors (Lipinski definition) is 4. The molecule has 0 fully saturated rings. The quantitative estimate of drug-likeness (QED) is 0.231. The molecule has 1 aromatic heterocycles. The number of aromatic nitrogens is 1. The number of hydrogen-bond acceptors (Lipinski definition) is 6. The first-order valence-electron chi connectivity index (χ1n) is 10.9. The lowest BCUT2D eigenvalue weighted by molar-refractivity contribution is -0.274. The maximum atomic E-state index is 12.5. The van der Waals surface area contributed by atoms with Crippen LogP contribution in [0.5, 0.6) is 11.5 Å². The zero-order chi connectivity index (χ0) is 25.9. The number of benzene rings is 3. The average Bonchev–Trinajstić information content (AvgIpc) is 3.13. The molecule has 0 saturated heterocycles.